The largest absolute Gasteiger partial charge is 0.466 e. The van der Waals surface area contributed by atoms with Crippen LogP contribution in [-0.2, 0) is 0 Å². The number of hydrogen-bond donors (Lipinski definition) is 2. The van der Waals surface area contributed by atoms with Gasteiger partial charge in [-0.05, 0) is 25.0 Å². The number of fused-ring (bicyclic) bond motifs is 1. The smallest absolute Gasteiger partial charge is 0.168 e. The highest BCUT2D eigenvalue weighted by atomic mass is 16.6. The van der Waals surface area contributed by atoms with E-state index >= 15 is 0 Å². The van der Waals surface area contributed by atoms with Gasteiger partial charge in [-0.2, -0.15) is 10.1 Å². The Morgan fingerprint density at radius 3 is 2.25 bits per heavy atom. The second kappa shape index (κ2) is 3.85. The van der Waals surface area contributed by atoms with E-state index in [0.29, 0.717) is 5.76 Å². The third kappa shape index (κ3) is 1.40. The van der Waals surface area contributed by atoms with E-state index in [4.69, 9.17) is 4.42 Å². The topological polar surface area (TPSA) is 60.1 Å². The lowest BCUT2D eigenvalue weighted by atomic mass is 9.91. The monoisotopic (exact) mass is 224 g/mol. The zero-order valence-electron chi connectivity index (χ0n) is 8.99. The molecule has 1 aromatic heterocycles. The Balaban J connectivity index is 1.90. The average molecular weight is 224 g/mol. The van der Waals surface area contributed by atoms with E-state index in [9.17, 15) is 10.4 Å². The Bertz CT molecular complexity index is 336. The van der Waals surface area contributed by atoms with E-state index in [1.807, 2.05) is 0 Å². The van der Waals surface area contributed by atoms with Gasteiger partial charge in [-0.3, -0.25) is 0 Å². The maximum atomic E-state index is 10.1. The summed E-state index contributed by atoms with van der Waals surface area (Å²) in [5, 5.41) is 22.7. The van der Waals surface area contributed by atoms with Gasteiger partial charge in [0.15, 0.2) is 6.17 Å². The van der Waals surface area contributed by atoms with E-state index < -0.39 is 6.17 Å². The predicted molar refractivity (Wildman–Crippen MR) is 54.7 cm³/mol. The van der Waals surface area contributed by atoms with Crippen molar-refractivity contribution in [2.45, 2.75) is 43.9 Å². The van der Waals surface area contributed by atoms with Crippen molar-refractivity contribution in [3.8, 4) is 0 Å². The highest BCUT2D eigenvalue weighted by Crippen LogP contribution is 2.40. The summed E-state index contributed by atoms with van der Waals surface area (Å²) in [5.41, 5.74) is 0. The number of nitrogens with zero attached hydrogens (tertiary/aromatic N) is 2. The second-order valence-electron chi connectivity index (χ2n) is 4.57. The van der Waals surface area contributed by atoms with Crippen molar-refractivity contribution in [1.82, 2.24) is 10.1 Å². The fraction of sp³-hybridized carbons (Fsp3) is 0.636. The molecule has 2 heterocycles. The minimum absolute atomic E-state index is 0.0221. The van der Waals surface area contributed by atoms with E-state index in [1.165, 1.54) is 10.1 Å². The van der Waals surface area contributed by atoms with Crippen molar-refractivity contribution in [3.05, 3.63) is 24.2 Å². The Morgan fingerprint density at radius 2 is 1.75 bits per heavy atom. The molecule has 5 heteroatoms. The van der Waals surface area contributed by atoms with E-state index in [-0.39, 0.29) is 12.1 Å². The second-order valence-corrected chi connectivity index (χ2v) is 4.57. The first kappa shape index (κ1) is 10.3. The highest BCUT2D eigenvalue weighted by Gasteiger charge is 2.49. The van der Waals surface area contributed by atoms with E-state index in [0.717, 1.165) is 25.7 Å². The van der Waals surface area contributed by atoms with E-state index in [2.05, 4.69) is 0 Å². The lowest BCUT2D eigenvalue weighted by Gasteiger charge is -2.27. The number of rotatable bonds is 1. The van der Waals surface area contributed by atoms with Gasteiger partial charge in [-0.25, -0.2) is 0 Å². The minimum Gasteiger partial charge on any atom is -0.466 e. The Hall–Kier alpha value is -0.880. The summed E-state index contributed by atoms with van der Waals surface area (Å²) in [6.07, 6.45) is 5.07. The molecule has 0 unspecified atom stereocenters. The molecule has 0 aromatic carbocycles. The van der Waals surface area contributed by atoms with Crippen molar-refractivity contribution in [2.75, 3.05) is 0 Å². The maximum absolute atomic E-state index is 10.1. The van der Waals surface area contributed by atoms with Gasteiger partial charge in [0.05, 0.1) is 18.3 Å². The van der Waals surface area contributed by atoms with Gasteiger partial charge in [0.25, 0.3) is 0 Å². The van der Waals surface area contributed by atoms with Crippen molar-refractivity contribution in [2.24, 2.45) is 0 Å². The van der Waals surface area contributed by atoms with Gasteiger partial charge in [0.2, 0.25) is 0 Å². The summed E-state index contributed by atoms with van der Waals surface area (Å²) in [4.78, 5) is 0. The van der Waals surface area contributed by atoms with Gasteiger partial charge in [-0.1, -0.05) is 12.8 Å². The maximum Gasteiger partial charge on any atom is 0.168 e. The van der Waals surface area contributed by atoms with Crippen LogP contribution in [0.3, 0.4) is 0 Å². The molecule has 0 spiro atoms. The summed E-state index contributed by atoms with van der Waals surface area (Å²) in [6.45, 7) is 0. The van der Waals surface area contributed by atoms with Crippen LogP contribution in [0.5, 0.6) is 0 Å². The molecule has 2 fully saturated rings. The Kier molecular flexibility index (Phi) is 2.48. The molecule has 16 heavy (non-hydrogen) atoms. The van der Waals surface area contributed by atoms with Crippen LogP contribution in [0, 0.1) is 0 Å². The quantitative estimate of drug-likeness (QED) is 0.763. The molecule has 0 radical (unpaired) electrons. The van der Waals surface area contributed by atoms with Crippen LogP contribution < -0.4 is 0 Å². The van der Waals surface area contributed by atoms with Crippen molar-refractivity contribution >= 4 is 0 Å². The van der Waals surface area contributed by atoms with Crippen LogP contribution in [0.4, 0.5) is 0 Å². The molecule has 5 nitrogen and oxygen atoms in total. The van der Waals surface area contributed by atoms with Gasteiger partial charge >= 0.3 is 0 Å². The van der Waals surface area contributed by atoms with Crippen molar-refractivity contribution < 1.29 is 14.8 Å². The molecular formula is C11H16N2O3. The van der Waals surface area contributed by atoms with Crippen LogP contribution in [0.15, 0.2) is 22.8 Å². The summed E-state index contributed by atoms with van der Waals surface area (Å²) >= 11 is 0. The van der Waals surface area contributed by atoms with Gasteiger partial charge in [-0.15, -0.1) is 0 Å². The molecule has 88 valence electrons. The average Bonchev–Trinajstić information content (AvgIpc) is 2.89. The zero-order chi connectivity index (χ0) is 11.1. The fourth-order valence-electron chi connectivity index (χ4n) is 2.89. The molecule has 1 saturated carbocycles. The first-order valence-corrected chi connectivity index (χ1v) is 5.77. The Labute approximate surface area is 93.8 Å². The SMILES string of the molecule is ON1C(c2ccco2)N(O)[C@H]2CCCC[C@@H]21. The molecule has 2 atom stereocenters. The number of hydrogen-bond acceptors (Lipinski definition) is 5. The fourth-order valence-corrected chi connectivity index (χ4v) is 2.89. The zero-order valence-corrected chi connectivity index (χ0v) is 8.99. The van der Waals surface area contributed by atoms with Crippen LogP contribution in [0.2, 0.25) is 0 Å². The molecular weight excluding hydrogens is 208 g/mol. The molecule has 1 saturated heterocycles. The van der Waals surface area contributed by atoms with Crippen LogP contribution >= 0.6 is 0 Å². The molecule has 3 rings (SSSR count). The standard InChI is InChI=1S/C11H16N2O3/c14-12-8-4-1-2-5-9(8)13(15)11(12)10-6-3-7-16-10/h3,6-9,11,14-15H,1-2,4-5H2/t8-,9-/m0/s1. The lowest BCUT2D eigenvalue weighted by molar-refractivity contribution is -0.216. The van der Waals surface area contributed by atoms with Gasteiger partial charge < -0.3 is 14.8 Å². The van der Waals surface area contributed by atoms with Crippen molar-refractivity contribution in [3.63, 3.8) is 0 Å². The Morgan fingerprint density at radius 1 is 1.12 bits per heavy atom. The molecule has 1 aromatic rings. The van der Waals surface area contributed by atoms with Crippen LogP contribution in [-0.4, -0.2) is 32.6 Å². The lowest BCUT2D eigenvalue weighted by Crippen LogP contribution is -2.37. The summed E-state index contributed by atoms with van der Waals surface area (Å²) in [5.74, 6) is 0.583. The first-order valence-electron chi connectivity index (χ1n) is 5.77. The minimum atomic E-state index is -0.553. The van der Waals surface area contributed by atoms with Gasteiger partial charge in [0.1, 0.15) is 5.76 Å². The number of hydroxylamine groups is 4. The normalized spacial score (nSPS) is 33.1. The van der Waals surface area contributed by atoms with Crippen molar-refractivity contribution in [1.29, 1.82) is 0 Å². The first-order chi connectivity index (χ1) is 7.79. The molecule has 0 bridgehead atoms. The molecule has 2 aliphatic rings. The highest BCUT2D eigenvalue weighted by molar-refractivity contribution is 5.08. The predicted octanol–water partition coefficient (Wildman–Crippen LogP) is 1.99. The van der Waals surface area contributed by atoms with Crippen LogP contribution in [0.25, 0.3) is 0 Å². The number of furan rings is 1. The van der Waals surface area contributed by atoms with Gasteiger partial charge in [0, 0.05) is 0 Å². The molecule has 1 aliphatic heterocycles. The summed E-state index contributed by atoms with van der Waals surface area (Å²) < 4.78 is 5.26. The summed E-state index contributed by atoms with van der Waals surface area (Å²) in [6, 6.07) is 3.58. The molecule has 2 N–H and O–H groups in total. The van der Waals surface area contributed by atoms with Crippen LogP contribution in [0.1, 0.15) is 37.6 Å². The summed E-state index contributed by atoms with van der Waals surface area (Å²) in [7, 11) is 0. The molecule has 1 aliphatic carbocycles. The van der Waals surface area contributed by atoms with E-state index in [1.54, 1.807) is 18.4 Å². The third-order valence-electron chi connectivity index (χ3n) is 3.67. The molecule has 0 amide bonds. The third-order valence-corrected chi connectivity index (χ3v) is 3.67.